The first kappa shape index (κ1) is 14.9. The first-order chi connectivity index (χ1) is 8.58. The smallest absolute Gasteiger partial charge is 0.251 e. The zero-order valence-electron chi connectivity index (χ0n) is 10.8. The van der Waals surface area contributed by atoms with Crippen LogP contribution in [0.3, 0.4) is 0 Å². The Hall–Kier alpha value is -1.20. The Kier molecular flexibility index (Phi) is 6.01. The maximum atomic E-state index is 11.7. The van der Waals surface area contributed by atoms with Crippen LogP contribution in [-0.4, -0.2) is 29.9 Å². The number of carbonyl (C=O) groups is 1. The summed E-state index contributed by atoms with van der Waals surface area (Å²) in [6.07, 6.45) is 0. The fourth-order valence-corrected chi connectivity index (χ4v) is 2.36. The minimum absolute atomic E-state index is 0.0884. The third-order valence-corrected chi connectivity index (χ3v) is 3.85. The highest BCUT2D eigenvalue weighted by molar-refractivity contribution is 7.99. The molecule has 4 N–H and O–H groups in total. The topological polar surface area (TPSA) is 75.4 Å². The Morgan fingerprint density at radius 3 is 2.89 bits per heavy atom. The summed E-state index contributed by atoms with van der Waals surface area (Å²) in [6, 6.07) is 5.27. The van der Waals surface area contributed by atoms with E-state index in [0.717, 1.165) is 10.6 Å². The lowest BCUT2D eigenvalue weighted by Gasteiger charge is -2.11. The first-order valence-corrected chi connectivity index (χ1v) is 6.98. The third-order valence-electron chi connectivity index (χ3n) is 2.45. The number of amides is 1. The highest BCUT2D eigenvalue weighted by Crippen LogP contribution is 2.27. The zero-order valence-corrected chi connectivity index (χ0v) is 11.6. The average Bonchev–Trinajstić information content (AvgIpc) is 2.37. The van der Waals surface area contributed by atoms with E-state index in [1.807, 2.05) is 13.8 Å². The molecule has 0 aromatic heterocycles. The van der Waals surface area contributed by atoms with Gasteiger partial charge in [-0.25, -0.2) is 0 Å². The standard InChI is InChI=1S/C13H20N2O2S/c1-3-15-13(17)10-4-5-11(14)12(6-10)18-8-9(2)7-16/h4-6,9,16H,3,7-8,14H2,1-2H3,(H,15,17). The summed E-state index contributed by atoms with van der Waals surface area (Å²) >= 11 is 1.56. The molecule has 4 nitrogen and oxygen atoms in total. The van der Waals surface area contributed by atoms with Crippen LogP contribution in [0.2, 0.25) is 0 Å². The molecule has 0 saturated heterocycles. The van der Waals surface area contributed by atoms with Gasteiger partial charge in [-0.15, -0.1) is 11.8 Å². The van der Waals surface area contributed by atoms with Gasteiger partial charge in [-0.05, 0) is 31.0 Å². The number of nitrogens with one attached hydrogen (secondary N) is 1. The van der Waals surface area contributed by atoms with Crippen molar-refractivity contribution in [2.24, 2.45) is 5.92 Å². The maximum Gasteiger partial charge on any atom is 0.251 e. The molecule has 0 spiro atoms. The predicted molar refractivity (Wildman–Crippen MR) is 75.8 cm³/mol. The number of benzene rings is 1. The average molecular weight is 268 g/mol. The molecule has 0 bridgehead atoms. The van der Waals surface area contributed by atoms with E-state index >= 15 is 0 Å². The summed E-state index contributed by atoms with van der Waals surface area (Å²) in [6.45, 7) is 4.61. The van der Waals surface area contributed by atoms with Gasteiger partial charge in [0, 0.05) is 35.1 Å². The van der Waals surface area contributed by atoms with Crippen molar-refractivity contribution in [3.8, 4) is 0 Å². The van der Waals surface area contributed by atoms with Crippen molar-refractivity contribution in [2.45, 2.75) is 18.7 Å². The maximum absolute atomic E-state index is 11.7. The molecule has 1 amide bonds. The second-order valence-electron chi connectivity index (χ2n) is 4.21. The van der Waals surface area contributed by atoms with Crippen LogP contribution in [0.1, 0.15) is 24.2 Å². The monoisotopic (exact) mass is 268 g/mol. The molecule has 1 rings (SSSR count). The van der Waals surface area contributed by atoms with Crippen LogP contribution in [0.4, 0.5) is 5.69 Å². The number of aliphatic hydroxyl groups excluding tert-OH is 1. The highest BCUT2D eigenvalue weighted by atomic mass is 32.2. The Balaban J connectivity index is 2.78. The van der Waals surface area contributed by atoms with E-state index in [-0.39, 0.29) is 18.4 Å². The van der Waals surface area contributed by atoms with Gasteiger partial charge in [0.05, 0.1) is 0 Å². The lowest BCUT2D eigenvalue weighted by Crippen LogP contribution is -2.22. The zero-order chi connectivity index (χ0) is 13.5. The van der Waals surface area contributed by atoms with E-state index in [9.17, 15) is 4.79 Å². The molecular formula is C13H20N2O2S. The molecule has 0 fully saturated rings. The fraction of sp³-hybridized carbons (Fsp3) is 0.462. The summed E-state index contributed by atoms with van der Waals surface area (Å²) in [5.41, 5.74) is 7.16. The Morgan fingerprint density at radius 1 is 1.56 bits per heavy atom. The van der Waals surface area contributed by atoms with E-state index in [1.165, 1.54) is 0 Å². The highest BCUT2D eigenvalue weighted by Gasteiger charge is 2.09. The number of aliphatic hydroxyl groups is 1. The minimum Gasteiger partial charge on any atom is -0.398 e. The first-order valence-electron chi connectivity index (χ1n) is 5.99. The minimum atomic E-state index is -0.0884. The summed E-state index contributed by atoms with van der Waals surface area (Å²) in [5, 5.41) is 11.7. The van der Waals surface area contributed by atoms with Gasteiger partial charge in [0.15, 0.2) is 0 Å². The van der Waals surface area contributed by atoms with Gasteiger partial charge >= 0.3 is 0 Å². The molecule has 5 heteroatoms. The van der Waals surface area contributed by atoms with Crippen LogP contribution in [0.15, 0.2) is 23.1 Å². The lowest BCUT2D eigenvalue weighted by molar-refractivity contribution is 0.0955. The molecule has 1 atom stereocenters. The predicted octanol–water partition coefficient (Wildman–Crippen LogP) is 1.74. The number of nitrogen functional groups attached to an aromatic ring is 1. The lowest BCUT2D eigenvalue weighted by atomic mass is 10.2. The Morgan fingerprint density at radius 2 is 2.28 bits per heavy atom. The Bertz CT molecular complexity index is 410. The van der Waals surface area contributed by atoms with E-state index in [1.54, 1.807) is 30.0 Å². The van der Waals surface area contributed by atoms with Crippen molar-refractivity contribution < 1.29 is 9.90 Å². The molecule has 0 aliphatic carbocycles. The molecule has 0 heterocycles. The van der Waals surface area contributed by atoms with E-state index in [0.29, 0.717) is 17.8 Å². The number of rotatable bonds is 6. The van der Waals surface area contributed by atoms with Gasteiger partial charge in [-0.3, -0.25) is 4.79 Å². The third kappa shape index (κ3) is 4.23. The number of hydrogen-bond acceptors (Lipinski definition) is 4. The van der Waals surface area contributed by atoms with Crippen LogP contribution in [-0.2, 0) is 0 Å². The van der Waals surface area contributed by atoms with Crippen molar-refractivity contribution in [1.82, 2.24) is 5.32 Å². The van der Waals surface area contributed by atoms with Crippen LogP contribution in [0, 0.1) is 5.92 Å². The van der Waals surface area contributed by atoms with E-state index in [2.05, 4.69) is 5.32 Å². The largest absolute Gasteiger partial charge is 0.398 e. The van der Waals surface area contributed by atoms with Crippen LogP contribution >= 0.6 is 11.8 Å². The van der Waals surface area contributed by atoms with Gasteiger partial charge in [0.1, 0.15) is 0 Å². The molecule has 18 heavy (non-hydrogen) atoms. The number of hydrogen-bond donors (Lipinski definition) is 3. The van der Waals surface area contributed by atoms with Crippen LogP contribution < -0.4 is 11.1 Å². The molecule has 100 valence electrons. The molecule has 0 aliphatic rings. The van der Waals surface area contributed by atoms with Crippen molar-refractivity contribution in [1.29, 1.82) is 0 Å². The molecule has 1 aromatic carbocycles. The second-order valence-corrected chi connectivity index (χ2v) is 5.27. The number of carbonyl (C=O) groups excluding carboxylic acids is 1. The summed E-state index contributed by atoms with van der Waals surface area (Å²) in [7, 11) is 0. The van der Waals surface area contributed by atoms with Crippen molar-refractivity contribution in [3.05, 3.63) is 23.8 Å². The van der Waals surface area contributed by atoms with Crippen LogP contribution in [0.5, 0.6) is 0 Å². The number of nitrogens with two attached hydrogens (primary N) is 1. The summed E-state index contributed by atoms with van der Waals surface area (Å²) < 4.78 is 0. The van der Waals surface area contributed by atoms with Gasteiger partial charge in [0.25, 0.3) is 5.91 Å². The quantitative estimate of drug-likeness (QED) is 0.542. The van der Waals surface area contributed by atoms with Crippen molar-refractivity contribution in [3.63, 3.8) is 0 Å². The van der Waals surface area contributed by atoms with E-state index < -0.39 is 0 Å². The molecule has 1 unspecified atom stereocenters. The molecule has 1 aromatic rings. The Labute approximate surface area is 112 Å². The molecule has 0 saturated carbocycles. The molecule has 0 aliphatic heterocycles. The second kappa shape index (κ2) is 7.28. The van der Waals surface area contributed by atoms with Gasteiger partial charge in [-0.2, -0.15) is 0 Å². The molecular weight excluding hydrogens is 248 g/mol. The van der Waals surface area contributed by atoms with Gasteiger partial charge < -0.3 is 16.2 Å². The summed E-state index contributed by atoms with van der Waals surface area (Å²) in [5.74, 6) is 0.900. The molecule has 0 radical (unpaired) electrons. The van der Waals surface area contributed by atoms with Gasteiger partial charge in [-0.1, -0.05) is 6.92 Å². The fourth-order valence-electron chi connectivity index (χ4n) is 1.35. The summed E-state index contributed by atoms with van der Waals surface area (Å²) in [4.78, 5) is 12.6. The number of anilines is 1. The normalized spacial score (nSPS) is 12.2. The van der Waals surface area contributed by atoms with E-state index in [4.69, 9.17) is 10.8 Å². The van der Waals surface area contributed by atoms with Gasteiger partial charge in [0.2, 0.25) is 0 Å². The SMILES string of the molecule is CCNC(=O)c1ccc(N)c(SCC(C)CO)c1. The van der Waals surface area contributed by atoms with Crippen LogP contribution in [0.25, 0.3) is 0 Å². The van der Waals surface area contributed by atoms with Crippen molar-refractivity contribution in [2.75, 3.05) is 24.6 Å². The van der Waals surface area contributed by atoms with Crippen molar-refractivity contribution >= 4 is 23.4 Å². The number of thioether (sulfide) groups is 1.